The number of rotatable bonds is 3. The molecule has 0 amide bonds. The van der Waals surface area contributed by atoms with Crippen LogP contribution in [0.4, 0.5) is 0 Å². The Labute approximate surface area is 105 Å². The highest BCUT2D eigenvalue weighted by Gasteiger charge is 2.08. The third-order valence-corrected chi connectivity index (χ3v) is 2.85. The number of halogens is 1. The predicted molar refractivity (Wildman–Crippen MR) is 69.6 cm³/mol. The highest BCUT2D eigenvalue weighted by molar-refractivity contribution is 6.17. The standard InChI is InChI=1S/C14H13ClO2/c1-10-2-4-11(5-3-10)13-9-17-8-12(6-7-15)14(13)16/h2-5,8-9H,6-7H2,1H3. The number of alkyl halides is 1. The summed E-state index contributed by atoms with van der Waals surface area (Å²) in [5, 5.41) is 0. The molecule has 2 aromatic rings. The number of benzene rings is 1. The maximum atomic E-state index is 12.1. The second-order valence-corrected chi connectivity index (χ2v) is 4.32. The lowest BCUT2D eigenvalue weighted by Gasteiger charge is -2.03. The van der Waals surface area contributed by atoms with Crippen LogP contribution in [0.25, 0.3) is 11.1 Å². The monoisotopic (exact) mass is 248 g/mol. The first-order chi connectivity index (χ1) is 8.22. The Morgan fingerprint density at radius 1 is 1.18 bits per heavy atom. The van der Waals surface area contributed by atoms with Crippen molar-refractivity contribution in [2.45, 2.75) is 13.3 Å². The number of aryl methyl sites for hydroxylation is 2. The van der Waals surface area contributed by atoms with E-state index in [2.05, 4.69) is 0 Å². The summed E-state index contributed by atoms with van der Waals surface area (Å²) >= 11 is 5.65. The minimum absolute atomic E-state index is 0.000697. The van der Waals surface area contributed by atoms with E-state index in [9.17, 15) is 4.79 Å². The van der Waals surface area contributed by atoms with E-state index in [1.54, 1.807) is 0 Å². The van der Waals surface area contributed by atoms with Crippen LogP contribution in [0.1, 0.15) is 11.1 Å². The Balaban J connectivity index is 2.49. The van der Waals surface area contributed by atoms with E-state index in [1.807, 2.05) is 31.2 Å². The van der Waals surface area contributed by atoms with E-state index in [0.717, 1.165) is 11.1 Å². The summed E-state index contributed by atoms with van der Waals surface area (Å²) in [6.07, 6.45) is 3.50. The van der Waals surface area contributed by atoms with Crippen molar-refractivity contribution in [2.24, 2.45) is 0 Å². The molecule has 2 rings (SSSR count). The molecule has 88 valence electrons. The molecule has 0 N–H and O–H groups in total. The van der Waals surface area contributed by atoms with Gasteiger partial charge in [-0.1, -0.05) is 29.8 Å². The molecule has 0 saturated heterocycles. The first-order valence-corrected chi connectivity index (χ1v) is 5.98. The van der Waals surface area contributed by atoms with Crippen LogP contribution in [0.3, 0.4) is 0 Å². The van der Waals surface area contributed by atoms with Gasteiger partial charge in [0.1, 0.15) is 6.26 Å². The Morgan fingerprint density at radius 3 is 2.53 bits per heavy atom. The predicted octanol–water partition coefficient (Wildman–Crippen LogP) is 3.40. The van der Waals surface area contributed by atoms with Gasteiger partial charge in [-0.15, -0.1) is 11.6 Å². The molecular formula is C14H13ClO2. The lowest BCUT2D eigenvalue weighted by molar-refractivity contribution is 0.543. The minimum Gasteiger partial charge on any atom is -0.471 e. The Bertz CT molecular complexity index is 555. The van der Waals surface area contributed by atoms with Gasteiger partial charge in [0.15, 0.2) is 5.43 Å². The largest absolute Gasteiger partial charge is 0.471 e. The van der Waals surface area contributed by atoms with E-state index in [0.29, 0.717) is 23.4 Å². The van der Waals surface area contributed by atoms with E-state index in [1.165, 1.54) is 12.5 Å². The number of hydrogen-bond donors (Lipinski definition) is 0. The molecule has 3 heteroatoms. The fourth-order valence-corrected chi connectivity index (χ4v) is 1.87. The summed E-state index contributed by atoms with van der Waals surface area (Å²) in [4.78, 5) is 12.1. The van der Waals surface area contributed by atoms with Crippen LogP contribution in [-0.2, 0) is 6.42 Å². The van der Waals surface area contributed by atoms with Gasteiger partial charge in [0, 0.05) is 11.4 Å². The second kappa shape index (κ2) is 5.19. The Kier molecular flexibility index (Phi) is 3.64. The molecule has 0 fully saturated rings. The first-order valence-electron chi connectivity index (χ1n) is 5.45. The number of hydrogen-bond acceptors (Lipinski definition) is 2. The van der Waals surface area contributed by atoms with Gasteiger partial charge in [0.25, 0.3) is 0 Å². The SMILES string of the molecule is Cc1ccc(-c2cocc(CCCl)c2=O)cc1. The summed E-state index contributed by atoms with van der Waals surface area (Å²) in [7, 11) is 0. The van der Waals surface area contributed by atoms with Crippen molar-refractivity contribution in [3.05, 3.63) is 58.1 Å². The maximum absolute atomic E-state index is 12.1. The second-order valence-electron chi connectivity index (χ2n) is 3.94. The smallest absolute Gasteiger partial charge is 0.195 e. The molecule has 1 heterocycles. The Hall–Kier alpha value is -1.54. The highest BCUT2D eigenvalue weighted by Crippen LogP contribution is 2.16. The zero-order valence-corrected chi connectivity index (χ0v) is 10.3. The molecular weight excluding hydrogens is 236 g/mol. The molecule has 0 unspecified atom stereocenters. The van der Waals surface area contributed by atoms with E-state index in [-0.39, 0.29) is 5.43 Å². The summed E-state index contributed by atoms with van der Waals surface area (Å²) in [6.45, 7) is 2.01. The molecule has 0 spiro atoms. The minimum atomic E-state index is 0.000697. The van der Waals surface area contributed by atoms with Crippen molar-refractivity contribution in [3.63, 3.8) is 0 Å². The van der Waals surface area contributed by atoms with Gasteiger partial charge in [-0.2, -0.15) is 0 Å². The van der Waals surface area contributed by atoms with Gasteiger partial charge in [0.2, 0.25) is 0 Å². The van der Waals surface area contributed by atoms with Crippen LogP contribution in [0, 0.1) is 6.92 Å². The average Bonchev–Trinajstić information content (AvgIpc) is 2.34. The molecule has 17 heavy (non-hydrogen) atoms. The van der Waals surface area contributed by atoms with Crippen molar-refractivity contribution in [3.8, 4) is 11.1 Å². The quantitative estimate of drug-likeness (QED) is 0.780. The third-order valence-electron chi connectivity index (χ3n) is 2.66. The molecule has 0 aliphatic heterocycles. The van der Waals surface area contributed by atoms with Crippen LogP contribution in [0.15, 0.2) is 46.0 Å². The van der Waals surface area contributed by atoms with Crippen LogP contribution < -0.4 is 5.43 Å². The lowest BCUT2D eigenvalue weighted by atomic mass is 10.0. The van der Waals surface area contributed by atoms with E-state index < -0.39 is 0 Å². The maximum Gasteiger partial charge on any atom is 0.195 e. The fourth-order valence-electron chi connectivity index (χ4n) is 1.67. The van der Waals surface area contributed by atoms with E-state index >= 15 is 0 Å². The molecule has 1 aromatic carbocycles. The van der Waals surface area contributed by atoms with Crippen LogP contribution in [-0.4, -0.2) is 5.88 Å². The Morgan fingerprint density at radius 2 is 1.88 bits per heavy atom. The van der Waals surface area contributed by atoms with Crippen molar-refractivity contribution in [1.82, 2.24) is 0 Å². The molecule has 0 aliphatic carbocycles. The van der Waals surface area contributed by atoms with Crippen LogP contribution in [0.2, 0.25) is 0 Å². The summed E-state index contributed by atoms with van der Waals surface area (Å²) in [5.74, 6) is 0.419. The van der Waals surface area contributed by atoms with Crippen LogP contribution >= 0.6 is 11.6 Å². The molecule has 0 atom stereocenters. The van der Waals surface area contributed by atoms with Crippen molar-refractivity contribution in [2.75, 3.05) is 5.88 Å². The molecule has 0 aliphatic rings. The normalized spacial score (nSPS) is 10.5. The first kappa shape index (κ1) is 11.9. The van der Waals surface area contributed by atoms with Crippen molar-refractivity contribution >= 4 is 11.6 Å². The molecule has 0 saturated carbocycles. The average molecular weight is 249 g/mol. The summed E-state index contributed by atoms with van der Waals surface area (Å²) < 4.78 is 5.20. The molecule has 2 nitrogen and oxygen atoms in total. The van der Waals surface area contributed by atoms with Gasteiger partial charge < -0.3 is 4.42 Å². The topological polar surface area (TPSA) is 30.2 Å². The van der Waals surface area contributed by atoms with Gasteiger partial charge in [-0.3, -0.25) is 4.79 Å². The zero-order chi connectivity index (χ0) is 12.3. The lowest BCUT2D eigenvalue weighted by Crippen LogP contribution is -2.11. The molecule has 0 radical (unpaired) electrons. The van der Waals surface area contributed by atoms with Crippen LogP contribution in [0.5, 0.6) is 0 Å². The van der Waals surface area contributed by atoms with Gasteiger partial charge in [-0.25, -0.2) is 0 Å². The molecule has 0 bridgehead atoms. The van der Waals surface area contributed by atoms with Gasteiger partial charge in [0.05, 0.1) is 11.8 Å². The highest BCUT2D eigenvalue weighted by atomic mass is 35.5. The zero-order valence-electron chi connectivity index (χ0n) is 9.57. The van der Waals surface area contributed by atoms with Gasteiger partial charge in [-0.05, 0) is 18.9 Å². The van der Waals surface area contributed by atoms with Crippen molar-refractivity contribution < 1.29 is 4.42 Å². The van der Waals surface area contributed by atoms with Crippen molar-refractivity contribution in [1.29, 1.82) is 0 Å². The summed E-state index contributed by atoms with van der Waals surface area (Å²) in [5.41, 5.74) is 3.25. The summed E-state index contributed by atoms with van der Waals surface area (Å²) in [6, 6.07) is 7.80. The third kappa shape index (κ3) is 2.59. The fraction of sp³-hybridized carbons (Fsp3) is 0.214. The van der Waals surface area contributed by atoms with Gasteiger partial charge >= 0.3 is 0 Å². The van der Waals surface area contributed by atoms with E-state index in [4.69, 9.17) is 16.0 Å². The molecule has 1 aromatic heterocycles.